The predicted octanol–water partition coefficient (Wildman–Crippen LogP) is 3.14. The molecular weight excluding hydrogens is 301 g/mol. The molecule has 0 radical (unpaired) electrons. The number of hydrogen-bond donors (Lipinski definition) is 0. The van der Waals surface area contributed by atoms with E-state index in [1.165, 1.54) is 24.1 Å². The number of rotatable bonds is 5. The Balaban J connectivity index is 1.90. The summed E-state index contributed by atoms with van der Waals surface area (Å²) in [6.45, 7) is 0.791. The third-order valence-corrected chi connectivity index (χ3v) is 3.81. The fourth-order valence-electron chi connectivity index (χ4n) is 2.62. The molecule has 0 spiro atoms. The van der Waals surface area contributed by atoms with E-state index in [0.717, 1.165) is 6.42 Å². The van der Waals surface area contributed by atoms with Crippen LogP contribution in [0, 0.1) is 5.82 Å². The van der Waals surface area contributed by atoms with Crippen molar-refractivity contribution in [3.63, 3.8) is 0 Å². The molecule has 1 atom stereocenters. The molecule has 6 heteroatoms. The van der Waals surface area contributed by atoms with Gasteiger partial charge in [-0.3, -0.25) is 4.79 Å². The summed E-state index contributed by atoms with van der Waals surface area (Å²) in [5, 5.41) is 0. The molecule has 0 unspecified atom stereocenters. The van der Waals surface area contributed by atoms with Gasteiger partial charge in [0.15, 0.2) is 11.6 Å². The number of amides is 1. The van der Waals surface area contributed by atoms with E-state index in [-0.39, 0.29) is 18.2 Å². The van der Waals surface area contributed by atoms with Crippen LogP contribution in [0.5, 0.6) is 5.75 Å². The van der Waals surface area contributed by atoms with Crippen molar-refractivity contribution < 1.29 is 23.1 Å². The molecule has 0 aliphatic carbocycles. The van der Waals surface area contributed by atoms with E-state index in [1.807, 2.05) is 0 Å². The number of halogens is 1. The van der Waals surface area contributed by atoms with Crippen molar-refractivity contribution in [3.05, 3.63) is 48.2 Å². The van der Waals surface area contributed by atoms with Gasteiger partial charge in [-0.15, -0.1) is 0 Å². The molecule has 1 fully saturated rings. The summed E-state index contributed by atoms with van der Waals surface area (Å²) in [6.07, 6.45) is 2.57. The van der Waals surface area contributed by atoms with Gasteiger partial charge in [0.1, 0.15) is 11.9 Å². The highest BCUT2D eigenvalue weighted by molar-refractivity contribution is 5.96. The predicted molar refractivity (Wildman–Crippen MR) is 81.8 cm³/mol. The van der Waals surface area contributed by atoms with Crippen LogP contribution >= 0.6 is 0 Å². The first kappa shape index (κ1) is 15.6. The van der Waals surface area contributed by atoms with Crippen molar-refractivity contribution in [1.82, 2.24) is 0 Å². The summed E-state index contributed by atoms with van der Waals surface area (Å²) in [5.41, 5.74) is 0.445. The number of carbonyl (C=O) groups is 1. The molecule has 1 amide bonds. The second kappa shape index (κ2) is 6.83. The first-order valence-electron chi connectivity index (χ1n) is 7.48. The highest BCUT2D eigenvalue weighted by Crippen LogP contribution is 2.27. The lowest BCUT2D eigenvalue weighted by Gasteiger charge is -2.25. The van der Waals surface area contributed by atoms with Gasteiger partial charge in [0.2, 0.25) is 0 Å². The molecular formula is C17H18FNO4. The standard InChI is InChI=1S/C17H18FNO4/c1-21-15-7-6-12(10-14(15)18)19(11-13-4-2-8-22-13)17(20)16-5-3-9-23-16/h2,4,6-8,10,16H,3,5,9,11H2,1H3/t16-/m0/s1. The Morgan fingerprint density at radius 1 is 1.43 bits per heavy atom. The van der Waals surface area contributed by atoms with Crippen molar-refractivity contribution >= 4 is 11.6 Å². The normalized spacial score (nSPS) is 17.2. The number of carbonyl (C=O) groups excluding carboxylic acids is 1. The molecule has 1 aromatic heterocycles. The molecule has 0 saturated carbocycles. The Kier molecular flexibility index (Phi) is 4.62. The average Bonchev–Trinajstić information content (AvgIpc) is 3.25. The second-order valence-corrected chi connectivity index (χ2v) is 5.32. The zero-order valence-corrected chi connectivity index (χ0v) is 12.8. The Hall–Kier alpha value is -2.34. The highest BCUT2D eigenvalue weighted by Gasteiger charge is 2.30. The van der Waals surface area contributed by atoms with Gasteiger partial charge in [0.25, 0.3) is 5.91 Å². The lowest BCUT2D eigenvalue weighted by atomic mass is 10.2. The zero-order chi connectivity index (χ0) is 16.2. The molecule has 1 saturated heterocycles. The van der Waals surface area contributed by atoms with Crippen molar-refractivity contribution in [3.8, 4) is 5.75 Å². The van der Waals surface area contributed by atoms with E-state index in [0.29, 0.717) is 24.5 Å². The van der Waals surface area contributed by atoms with E-state index in [1.54, 1.807) is 24.5 Å². The number of benzene rings is 1. The van der Waals surface area contributed by atoms with Gasteiger partial charge >= 0.3 is 0 Å². The summed E-state index contributed by atoms with van der Waals surface area (Å²) in [5.74, 6) is 0.0434. The molecule has 122 valence electrons. The molecule has 1 aliphatic heterocycles. The minimum absolute atomic E-state index is 0.135. The minimum atomic E-state index is -0.519. The van der Waals surface area contributed by atoms with Crippen molar-refractivity contribution in [2.75, 3.05) is 18.6 Å². The number of ether oxygens (including phenoxy) is 2. The number of hydrogen-bond acceptors (Lipinski definition) is 4. The maximum absolute atomic E-state index is 14.0. The third kappa shape index (κ3) is 3.37. The van der Waals surface area contributed by atoms with Crippen LogP contribution in [0.3, 0.4) is 0 Å². The topological polar surface area (TPSA) is 51.9 Å². The fourth-order valence-corrected chi connectivity index (χ4v) is 2.62. The SMILES string of the molecule is COc1ccc(N(Cc2ccco2)C(=O)[C@@H]2CCCO2)cc1F. The average molecular weight is 319 g/mol. The third-order valence-electron chi connectivity index (χ3n) is 3.81. The quantitative estimate of drug-likeness (QED) is 0.849. The second-order valence-electron chi connectivity index (χ2n) is 5.32. The molecule has 2 aromatic rings. The summed E-state index contributed by atoms with van der Waals surface area (Å²) >= 11 is 0. The first-order valence-corrected chi connectivity index (χ1v) is 7.48. The van der Waals surface area contributed by atoms with Crippen LogP contribution < -0.4 is 9.64 Å². The number of furan rings is 1. The smallest absolute Gasteiger partial charge is 0.256 e. The fraction of sp³-hybridized carbons (Fsp3) is 0.353. The lowest BCUT2D eigenvalue weighted by Crippen LogP contribution is -2.38. The van der Waals surface area contributed by atoms with Gasteiger partial charge in [-0.25, -0.2) is 4.39 Å². The molecule has 23 heavy (non-hydrogen) atoms. The molecule has 0 N–H and O–H groups in total. The lowest BCUT2D eigenvalue weighted by molar-refractivity contribution is -0.127. The molecule has 3 rings (SSSR count). The van der Waals surface area contributed by atoms with Crippen LogP contribution in [0.1, 0.15) is 18.6 Å². The van der Waals surface area contributed by atoms with Gasteiger partial charge < -0.3 is 18.8 Å². The molecule has 2 heterocycles. The summed E-state index contributed by atoms with van der Waals surface area (Å²) in [4.78, 5) is 14.2. The van der Waals surface area contributed by atoms with Crippen LogP contribution in [0.2, 0.25) is 0 Å². The number of anilines is 1. The van der Waals surface area contributed by atoms with Gasteiger partial charge in [-0.05, 0) is 37.1 Å². The van der Waals surface area contributed by atoms with Gasteiger partial charge in [-0.1, -0.05) is 0 Å². The van der Waals surface area contributed by atoms with E-state index < -0.39 is 11.9 Å². The van der Waals surface area contributed by atoms with Crippen LogP contribution in [0.25, 0.3) is 0 Å². The van der Waals surface area contributed by atoms with Gasteiger partial charge in [-0.2, -0.15) is 0 Å². The van der Waals surface area contributed by atoms with Crippen LogP contribution in [0.4, 0.5) is 10.1 Å². The maximum atomic E-state index is 14.0. The molecule has 1 aliphatic rings. The summed E-state index contributed by atoms with van der Waals surface area (Å²) in [7, 11) is 1.40. The summed E-state index contributed by atoms with van der Waals surface area (Å²) < 4.78 is 29.7. The van der Waals surface area contributed by atoms with E-state index in [2.05, 4.69) is 0 Å². The van der Waals surface area contributed by atoms with Crippen molar-refractivity contribution in [1.29, 1.82) is 0 Å². The monoisotopic (exact) mass is 319 g/mol. The van der Waals surface area contributed by atoms with Crippen molar-refractivity contribution in [2.45, 2.75) is 25.5 Å². The maximum Gasteiger partial charge on any atom is 0.256 e. The Morgan fingerprint density at radius 2 is 2.30 bits per heavy atom. The number of methoxy groups -OCH3 is 1. The van der Waals surface area contributed by atoms with Gasteiger partial charge in [0.05, 0.1) is 19.9 Å². The van der Waals surface area contributed by atoms with E-state index in [9.17, 15) is 9.18 Å². The minimum Gasteiger partial charge on any atom is -0.494 e. The number of nitrogens with zero attached hydrogens (tertiary/aromatic N) is 1. The Morgan fingerprint density at radius 3 is 2.91 bits per heavy atom. The first-order chi connectivity index (χ1) is 11.2. The molecule has 1 aromatic carbocycles. The van der Waals surface area contributed by atoms with Gasteiger partial charge in [0, 0.05) is 18.4 Å². The highest BCUT2D eigenvalue weighted by atomic mass is 19.1. The summed E-state index contributed by atoms with van der Waals surface area (Å²) in [6, 6.07) is 7.96. The van der Waals surface area contributed by atoms with E-state index in [4.69, 9.17) is 13.9 Å². The molecule has 0 bridgehead atoms. The molecule has 5 nitrogen and oxygen atoms in total. The van der Waals surface area contributed by atoms with Crippen LogP contribution in [-0.4, -0.2) is 25.7 Å². The zero-order valence-electron chi connectivity index (χ0n) is 12.8. The Bertz CT molecular complexity index is 665. The Labute approximate surface area is 133 Å². The van der Waals surface area contributed by atoms with Crippen LogP contribution in [0.15, 0.2) is 41.0 Å². The van der Waals surface area contributed by atoms with Crippen molar-refractivity contribution in [2.24, 2.45) is 0 Å². The largest absolute Gasteiger partial charge is 0.494 e. The van der Waals surface area contributed by atoms with E-state index >= 15 is 0 Å². The van der Waals surface area contributed by atoms with Crippen LogP contribution in [-0.2, 0) is 16.1 Å².